The Balaban J connectivity index is 2.23. The third kappa shape index (κ3) is 2.93. The molecule has 0 nitrogen and oxygen atoms in total. The van der Waals surface area contributed by atoms with Crippen LogP contribution in [-0.2, 0) is 0 Å². The largest absolute Gasteiger partial charge is 0.0663 e. The molecule has 18 heavy (non-hydrogen) atoms. The van der Waals surface area contributed by atoms with Crippen molar-refractivity contribution < 1.29 is 0 Å². The molecule has 1 aromatic carbocycles. The predicted octanol–water partition coefficient (Wildman–Crippen LogP) is 4.53. The Labute approximate surface area is 110 Å². The summed E-state index contributed by atoms with van der Waals surface area (Å²) in [4.78, 5) is 0. The van der Waals surface area contributed by atoms with Gasteiger partial charge in [-0.15, -0.1) is 0 Å². The maximum Gasteiger partial charge on any atom is 0.0251 e. The fourth-order valence-electron chi connectivity index (χ4n) is 1.92. The Bertz CT molecular complexity index is 586. The van der Waals surface area contributed by atoms with Gasteiger partial charge in [0.1, 0.15) is 0 Å². The third-order valence-corrected chi connectivity index (χ3v) is 3.52. The first-order chi connectivity index (χ1) is 8.56. The van der Waals surface area contributed by atoms with E-state index in [0.29, 0.717) is 0 Å². The average Bonchev–Trinajstić information content (AvgIpc) is 2.35. The summed E-state index contributed by atoms with van der Waals surface area (Å²) in [7, 11) is 0. The molecular weight excluding hydrogens is 216 g/mol. The van der Waals surface area contributed by atoms with E-state index in [4.69, 9.17) is 0 Å². The van der Waals surface area contributed by atoms with Gasteiger partial charge in [0.15, 0.2) is 0 Å². The second-order valence-electron chi connectivity index (χ2n) is 4.99. The molecule has 0 atom stereocenters. The Morgan fingerprint density at radius 3 is 2.33 bits per heavy atom. The lowest BCUT2D eigenvalue weighted by Crippen LogP contribution is -1.94. The lowest BCUT2D eigenvalue weighted by molar-refractivity contribution is 1.10. The molecule has 1 aliphatic rings. The highest BCUT2D eigenvalue weighted by molar-refractivity contribution is 5.48. The minimum absolute atomic E-state index is 0.959. The van der Waals surface area contributed by atoms with E-state index in [-0.39, 0.29) is 0 Å². The van der Waals surface area contributed by atoms with Gasteiger partial charge in [-0.1, -0.05) is 29.1 Å². The summed E-state index contributed by atoms with van der Waals surface area (Å²) < 4.78 is 0. The van der Waals surface area contributed by atoms with Gasteiger partial charge < -0.3 is 0 Å². The summed E-state index contributed by atoms with van der Waals surface area (Å²) in [6, 6.07) is 6.38. The third-order valence-electron chi connectivity index (χ3n) is 3.52. The number of benzene rings is 1. The van der Waals surface area contributed by atoms with E-state index in [1.807, 2.05) is 0 Å². The Morgan fingerprint density at radius 2 is 1.67 bits per heavy atom. The maximum absolute atomic E-state index is 3.28. The van der Waals surface area contributed by atoms with Crippen LogP contribution in [0.1, 0.15) is 37.0 Å². The monoisotopic (exact) mass is 235 g/mol. The smallest absolute Gasteiger partial charge is 0.0251 e. The summed E-state index contributed by atoms with van der Waals surface area (Å²) in [6.07, 6.45) is 5.41. The van der Waals surface area contributed by atoms with Crippen molar-refractivity contribution in [3.05, 3.63) is 64.1 Å². The van der Waals surface area contributed by atoms with E-state index in [2.05, 4.69) is 70.2 Å². The topological polar surface area (TPSA) is 0 Å². The molecule has 1 aromatic rings. The van der Waals surface area contributed by atoms with E-state index < -0.39 is 0 Å². The molecule has 1 aliphatic carbocycles. The van der Waals surface area contributed by atoms with E-state index in [9.17, 15) is 0 Å². The van der Waals surface area contributed by atoms with Gasteiger partial charge in [0, 0.05) is 11.1 Å². The maximum atomic E-state index is 3.28. The first-order valence-electron chi connectivity index (χ1n) is 6.37. The number of rotatable bonds is 0. The highest BCUT2D eigenvalue weighted by Crippen LogP contribution is 2.21. The quantitative estimate of drug-likeness (QED) is 0.580. The van der Waals surface area contributed by atoms with Crippen LogP contribution in [0.2, 0.25) is 0 Å². The van der Waals surface area contributed by atoms with Crippen LogP contribution in [0.3, 0.4) is 0 Å². The van der Waals surface area contributed by atoms with E-state index >= 15 is 0 Å². The molecule has 0 unspecified atom stereocenters. The molecule has 0 amide bonds. The van der Waals surface area contributed by atoms with Crippen LogP contribution < -0.4 is 0 Å². The lowest BCUT2D eigenvalue weighted by atomic mass is 9.94. The van der Waals surface area contributed by atoms with Crippen molar-refractivity contribution in [2.24, 2.45) is 0 Å². The molecule has 2 rings (SSSR count). The molecule has 0 heterocycles. The summed E-state index contributed by atoms with van der Waals surface area (Å²) in [5.41, 5.74) is 7.62. The number of hydrogen-bond donors (Lipinski definition) is 0. The zero-order valence-corrected chi connectivity index (χ0v) is 11.6. The fourth-order valence-corrected chi connectivity index (χ4v) is 1.92. The molecule has 0 N–H and O–H groups in total. The lowest BCUT2D eigenvalue weighted by Gasteiger charge is -2.10. The number of allylic oxidation sites excluding steroid dienone is 4. The second kappa shape index (κ2) is 5.27. The molecule has 0 saturated heterocycles. The van der Waals surface area contributed by atoms with Crippen molar-refractivity contribution >= 4 is 0 Å². The molecule has 91 valence electrons. The van der Waals surface area contributed by atoms with Crippen molar-refractivity contribution in [3.63, 3.8) is 0 Å². The summed E-state index contributed by atoms with van der Waals surface area (Å²) in [5, 5.41) is 0. The molecule has 0 heteroatoms. The Kier molecular flexibility index (Phi) is 3.72. The van der Waals surface area contributed by atoms with E-state index in [0.717, 1.165) is 12.0 Å². The average molecular weight is 235 g/mol. The summed E-state index contributed by atoms with van der Waals surface area (Å²) in [5.74, 6) is 6.54. The van der Waals surface area contributed by atoms with Gasteiger partial charge in [-0.2, -0.15) is 0 Å². The van der Waals surface area contributed by atoms with Crippen LogP contribution in [0.5, 0.6) is 0 Å². The van der Waals surface area contributed by atoms with Gasteiger partial charge in [0.2, 0.25) is 0 Å². The van der Waals surface area contributed by atoms with Crippen LogP contribution in [0.15, 0.2) is 41.0 Å². The molecule has 0 bridgehead atoms. The zero-order valence-electron chi connectivity index (χ0n) is 11.6. The minimum atomic E-state index is 0.959. The molecule has 0 aliphatic heterocycles. The van der Waals surface area contributed by atoms with Crippen LogP contribution in [0, 0.1) is 32.1 Å². The zero-order chi connectivity index (χ0) is 13.1. The van der Waals surface area contributed by atoms with Gasteiger partial charge in [-0.3, -0.25) is 0 Å². The molecule has 0 fully saturated rings. The number of aryl methyl sites for hydroxylation is 2. The second-order valence-corrected chi connectivity index (χ2v) is 4.99. The van der Waals surface area contributed by atoms with Crippen LogP contribution >= 0.6 is 0 Å². The first kappa shape index (κ1) is 12.7. The number of hydrogen-bond acceptors (Lipinski definition) is 0. The fraction of sp³-hybridized carbons (Fsp3) is 0.278. The standard InChI is InChI=1S/C18H19/c1-13-5-7-17(11-15(13)3)9-10-18-8-6-14(2)16(4)12-18/h5-7,11-12H,8H2,1-4H3. The van der Waals surface area contributed by atoms with Crippen molar-refractivity contribution in [2.75, 3.05) is 0 Å². The highest BCUT2D eigenvalue weighted by atomic mass is 14.1. The molecular formula is C18H19. The summed E-state index contributed by atoms with van der Waals surface area (Å²) >= 11 is 0. The van der Waals surface area contributed by atoms with E-state index in [1.165, 1.54) is 27.8 Å². The van der Waals surface area contributed by atoms with Crippen molar-refractivity contribution in [1.82, 2.24) is 0 Å². The normalized spacial score (nSPS) is 15.0. The van der Waals surface area contributed by atoms with Gasteiger partial charge in [0.05, 0.1) is 0 Å². The van der Waals surface area contributed by atoms with Gasteiger partial charge in [-0.05, 0) is 69.9 Å². The Hall–Kier alpha value is -1.74. The van der Waals surface area contributed by atoms with Crippen molar-refractivity contribution in [1.29, 1.82) is 0 Å². The molecule has 0 spiro atoms. The SMILES string of the molecule is CC1=C(C)C=C(C#Cc2ccc(C)c(C)c2)C[CH]1. The van der Waals surface area contributed by atoms with Crippen molar-refractivity contribution in [2.45, 2.75) is 34.1 Å². The van der Waals surface area contributed by atoms with E-state index in [1.54, 1.807) is 0 Å². The minimum Gasteiger partial charge on any atom is -0.0663 e. The predicted molar refractivity (Wildman–Crippen MR) is 78.2 cm³/mol. The van der Waals surface area contributed by atoms with Crippen LogP contribution in [0.4, 0.5) is 0 Å². The van der Waals surface area contributed by atoms with Gasteiger partial charge >= 0.3 is 0 Å². The van der Waals surface area contributed by atoms with Crippen LogP contribution in [0.25, 0.3) is 0 Å². The summed E-state index contributed by atoms with van der Waals surface area (Å²) in [6.45, 7) is 8.55. The molecule has 0 saturated carbocycles. The van der Waals surface area contributed by atoms with Crippen LogP contribution in [-0.4, -0.2) is 0 Å². The first-order valence-corrected chi connectivity index (χ1v) is 6.37. The van der Waals surface area contributed by atoms with Gasteiger partial charge in [-0.25, -0.2) is 0 Å². The molecule has 1 radical (unpaired) electrons. The molecule has 0 aromatic heterocycles. The Morgan fingerprint density at radius 1 is 0.889 bits per heavy atom. The highest BCUT2D eigenvalue weighted by Gasteiger charge is 2.05. The van der Waals surface area contributed by atoms with Crippen molar-refractivity contribution in [3.8, 4) is 11.8 Å². The van der Waals surface area contributed by atoms with Gasteiger partial charge in [0.25, 0.3) is 0 Å².